The standard InChI is InChI=1S/C14H19N5O/c1-3-15-12-8-10(2)4-5-11(12)14(20)16-7-6-13-17-9-18-19-13/h4-5,8-9,15H,3,6-7H2,1-2H3,(H,16,20)(H,17,18,19). The van der Waals surface area contributed by atoms with Gasteiger partial charge in [-0.3, -0.25) is 9.89 Å². The molecule has 1 aromatic carbocycles. The second kappa shape index (κ2) is 6.70. The van der Waals surface area contributed by atoms with Crippen LogP contribution in [0.2, 0.25) is 0 Å². The van der Waals surface area contributed by atoms with Gasteiger partial charge in [0.2, 0.25) is 0 Å². The van der Waals surface area contributed by atoms with E-state index in [9.17, 15) is 4.79 Å². The van der Waals surface area contributed by atoms with Gasteiger partial charge in [0.1, 0.15) is 12.2 Å². The van der Waals surface area contributed by atoms with Gasteiger partial charge in [0, 0.05) is 25.2 Å². The monoisotopic (exact) mass is 273 g/mol. The van der Waals surface area contributed by atoms with Gasteiger partial charge < -0.3 is 10.6 Å². The molecule has 0 aliphatic rings. The molecule has 0 radical (unpaired) electrons. The highest BCUT2D eigenvalue weighted by Gasteiger charge is 2.10. The van der Waals surface area contributed by atoms with Crippen molar-refractivity contribution in [2.24, 2.45) is 0 Å². The first kappa shape index (κ1) is 14.0. The van der Waals surface area contributed by atoms with Crippen LogP contribution in [-0.4, -0.2) is 34.2 Å². The smallest absolute Gasteiger partial charge is 0.253 e. The van der Waals surface area contributed by atoms with Crippen molar-refractivity contribution in [2.45, 2.75) is 20.3 Å². The number of aromatic nitrogens is 3. The Morgan fingerprint density at radius 2 is 2.25 bits per heavy atom. The molecule has 20 heavy (non-hydrogen) atoms. The van der Waals surface area contributed by atoms with Gasteiger partial charge in [-0.1, -0.05) is 6.07 Å². The first-order valence-electron chi connectivity index (χ1n) is 6.67. The number of benzene rings is 1. The molecule has 106 valence electrons. The molecule has 0 unspecified atom stereocenters. The molecule has 6 nitrogen and oxygen atoms in total. The van der Waals surface area contributed by atoms with Crippen LogP contribution >= 0.6 is 0 Å². The van der Waals surface area contributed by atoms with Gasteiger partial charge in [-0.15, -0.1) is 0 Å². The lowest BCUT2D eigenvalue weighted by atomic mass is 10.1. The van der Waals surface area contributed by atoms with E-state index in [0.717, 1.165) is 23.6 Å². The lowest BCUT2D eigenvalue weighted by molar-refractivity contribution is 0.0955. The predicted octanol–water partition coefficient (Wildman–Crippen LogP) is 1.52. The number of amides is 1. The molecular formula is C14H19N5O. The Labute approximate surface area is 118 Å². The number of carbonyl (C=O) groups excluding carboxylic acids is 1. The number of hydrogen-bond donors (Lipinski definition) is 3. The van der Waals surface area contributed by atoms with Crippen molar-refractivity contribution in [3.8, 4) is 0 Å². The molecule has 3 N–H and O–H groups in total. The van der Waals surface area contributed by atoms with E-state index in [1.807, 2.05) is 32.0 Å². The summed E-state index contributed by atoms with van der Waals surface area (Å²) in [5.74, 6) is 0.682. The fourth-order valence-corrected chi connectivity index (χ4v) is 1.93. The molecule has 0 aliphatic heterocycles. The van der Waals surface area contributed by atoms with Crippen LogP contribution in [-0.2, 0) is 6.42 Å². The molecule has 0 fully saturated rings. The first-order valence-corrected chi connectivity index (χ1v) is 6.67. The molecule has 0 bridgehead atoms. The molecule has 6 heteroatoms. The van der Waals surface area contributed by atoms with Crippen LogP contribution in [0.3, 0.4) is 0 Å². The van der Waals surface area contributed by atoms with E-state index in [4.69, 9.17) is 0 Å². The van der Waals surface area contributed by atoms with E-state index in [2.05, 4.69) is 25.8 Å². The summed E-state index contributed by atoms with van der Waals surface area (Å²) in [6.07, 6.45) is 2.09. The zero-order valence-electron chi connectivity index (χ0n) is 11.7. The van der Waals surface area contributed by atoms with Gasteiger partial charge in [-0.2, -0.15) is 5.10 Å². The summed E-state index contributed by atoms with van der Waals surface area (Å²) in [5.41, 5.74) is 2.65. The summed E-state index contributed by atoms with van der Waals surface area (Å²) < 4.78 is 0. The first-order chi connectivity index (χ1) is 9.70. The van der Waals surface area contributed by atoms with Crippen LogP contribution in [0, 0.1) is 6.92 Å². The minimum absolute atomic E-state index is 0.0829. The van der Waals surface area contributed by atoms with Crippen LogP contribution in [0.15, 0.2) is 24.5 Å². The van der Waals surface area contributed by atoms with Gasteiger partial charge >= 0.3 is 0 Å². The number of rotatable bonds is 6. The normalized spacial score (nSPS) is 10.3. The maximum absolute atomic E-state index is 12.2. The third kappa shape index (κ3) is 3.57. The number of nitrogens with zero attached hydrogens (tertiary/aromatic N) is 2. The van der Waals surface area contributed by atoms with E-state index in [1.54, 1.807) is 0 Å². The zero-order valence-corrected chi connectivity index (χ0v) is 11.7. The van der Waals surface area contributed by atoms with E-state index in [-0.39, 0.29) is 5.91 Å². The van der Waals surface area contributed by atoms with E-state index < -0.39 is 0 Å². The molecule has 2 aromatic rings. The highest BCUT2D eigenvalue weighted by atomic mass is 16.1. The van der Waals surface area contributed by atoms with Crippen LogP contribution in [0.5, 0.6) is 0 Å². The number of H-pyrrole nitrogens is 1. The lowest BCUT2D eigenvalue weighted by Crippen LogP contribution is -2.27. The summed E-state index contributed by atoms with van der Waals surface area (Å²) in [7, 11) is 0. The average molecular weight is 273 g/mol. The predicted molar refractivity (Wildman–Crippen MR) is 77.8 cm³/mol. The van der Waals surface area contributed by atoms with Crippen molar-refractivity contribution in [1.82, 2.24) is 20.5 Å². The van der Waals surface area contributed by atoms with Gasteiger partial charge in [-0.05, 0) is 31.5 Å². The van der Waals surface area contributed by atoms with E-state index in [0.29, 0.717) is 18.5 Å². The molecule has 1 amide bonds. The molecular weight excluding hydrogens is 254 g/mol. The number of hydrogen-bond acceptors (Lipinski definition) is 4. The molecule has 0 saturated carbocycles. The summed E-state index contributed by atoms with van der Waals surface area (Å²) >= 11 is 0. The Kier molecular flexibility index (Phi) is 4.70. The van der Waals surface area contributed by atoms with Gasteiger partial charge in [0.05, 0.1) is 5.56 Å². The van der Waals surface area contributed by atoms with Crippen LogP contribution in [0.25, 0.3) is 0 Å². The average Bonchev–Trinajstić information content (AvgIpc) is 2.92. The SMILES string of the molecule is CCNc1cc(C)ccc1C(=O)NCCc1ncn[nH]1. The third-order valence-electron chi connectivity index (χ3n) is 2.90. The van der Waals surface area contributed by atoms with Crippen LogP contribution < -0.4 is 10.6 Å². The number of aryl methyl sites for hydroxylation is 1. The topological polar surface area (TPSA) is 82.7 Å². The molecule has 0 saturated heterocycles. The Balaban J connectivity index is 1.97. The number of carbonyl (C=O) groups is 1. The molecule has 1 aromatic heterocycles. The maximum atomic E-state index is 12.2. The quantitative estimate of drug-likeness (QED) is 0.745. The van der Waals surface area contributed by atoms with Gasteiger partial charge in [0.15, 0.2) is 0 Å². The van der Waals surface area contributed by atoms with Crippen LogP contribution in [0.4, 0.5) is 5.69 Å². The molecule has 2 rings (SSSR count). The second-order valence-corrected chi connectivity index (χ2v) is 4.52. The molecule has 0 aliphatic carbocycles. The van der Waals surface area contributed by atoms with Crippen LogP contribution in [0.1, 0.15) is 28.7 Å². The summed E-state index contributed by atoms with van der Waals surface area (Å²) in [5, 5.41) is 12.6. The highest BCUT2D eigenvalue weighted by molar-refractivity contribution is 5.99. The van der Waals surface area contributed by atoms with Crippen molar-refractivity contribution >= 4 is 11.6 Å². The summed E-state index contributed by atoms with van der Waals surface area (Å²) in [6, 6.07) is 5.76. The van der Waals surface area contributed by atoms with Crippen molar-refractivity contribution in [2.75, 3.05) is 18.4 Å². The maximum Gasteiger partial charge on any atom is 0.253 e. The van der Waals surface area contributed by atoms with E-state index in [1.165, 1.54) is 6.33 Å². The Hall–Kier alpha value is -2.37. The lowest BCUT2D eigenvalue weighted by Gasteiger charge is -2.11. The Morgan fingerprint density at radius 1 is 1.40 bits per heavy atom. The number of anilines is 1. The van der Waals surface area contributed by atoms with Gasteiger partial charge in [0.25, 0.3) is 5.91 Å². The fourth-order valence-electron chi connectivity index (χ4n) is 1.93. The third-order valence-corrected chi connectivity index (χ3v) is 2.90. The minimum atomic E-state index is -0.0829. The van der Waals surface area contributed by atoms with Crippen molar-refractivity contribution < 1.29 is 4.79 Å². The summed E-state index contributed by atoms with van der Waals surface area (Å²) in [4.78, 5) is 16.2. The summed E-state index contributed by atoms with van der Waals surface area (Å²) in [6.45, 7) is 5.32. The Morgan fingerprint density at radius 3 is 2.95 bits per heavy atom. The molecule has 0 atom stereocenters. The molecule has 1 heterocycles. The highest BCUT2D eigenvalue weighted by Crippen LogP contribution is 2.17. The van der Waals surface area contributed by atoms with Crippen molar-refractivity contribution in [1.29, 1.82) is 0 Å². The minimum Gasteiger partial charge on any atom is -0.385 e. The van der Waals surface area contributed by atoms with E-state index >= 15 is 0 Å². The van der Waals surface area contributed by atoms with Crippen molar-refractivity contribution in [3.05, 3.63) is 41.5 Å². The zero-order chi connectivity index (χ0) is 14.4. The van der Waals surface area contributed by atoms with Crippen molar-refractivity contribution in [3.63, 3.8) is 0 Å². The second-order valence-electron chi connectivity index (χ2n) is 4.52. The van der Waals surface area contributed by atoms with Gasteiger partial charge in [-0.25, -0.2) is 4.98 Å². The molecule has 0 spiro atoms. The fraction of sp³-hybridized carbons (Fsp3) is 0.357. The Bertz CT molecular complexity index is 565. The number of nitrogens with one attached hydrogen (secondary N) is 3. The largest absolute Gasteiger partial charge is 0.385 e. The number of aromatic amines is 1.